The highest BCUT2D eigenvalue weighted by molar-refractivity contribution is 9.10. The number of halogens is 1. The number of benzene rings is 1. The van der Waals surface area contributed by atoms with Gasteiger partial charge in [0.2, 0.25) is 5.82 Å². The van der Waals surface area contributed by atoms with Crippen molar-refractivity contribution in [2.45, 2.75) is 39.2 Å². The van der Waals surface area contributed by atoms with Gasteiger partial charge in [0.05, 0.1) is 5.56 Å². The lowest BCUT2D eigenvalue weighted by molar-refractivity contribution is -0.0583. The van der Waals surface area contributed by atoms with Crippen LogP contribution < -0.4 is 5.73 Å². The van der Waals surface area contributed by atoms with Crippen molar-refractivity contribution in [3.8, 4) is 11.5 Å². The van der Waals surface area contributed by atoms with Gasteiger partial charge in [0, 0.05) is 16.8 Å². The molecule has 0 amide bonds. The summed E-state index contributed by atoms with van der Waals surface area (Å²) in [4.78, 5) is 4.51. The molecule has 0 unspecified atom stereocenters. The molecule has 114 valence electrons. The molecule has 0 atom stereocenters. The van der Waals surface area contributed by atoms with E-state index in [4.69, 9.17) is 15.0 Å². The summed E-state index contributed by atoms with van der Waals surface area (Å²) in [6, 6.07) is 5.55. The lowest BCUT2D eigenvalue weighted by Crippen LogP contribution is -2.29. The Morgan fingerprint density at radius 3 is 2.62 bits per heavy atom. The molecule has 0 aliphatic carbocycles. The van der Waals surface area contributed by atoms with Crippen LogP contribution in [-0.4, -0.2) is 16.7 Å². The van der Waals surface area contributed by atoms with Gasteiger partial charge in [0.25, 0.3) is 5.89 Å². The first-order valence-electron chi connectivity index (χ1n) is 7.09. The molecule has 0 saturated carbocycles. The van der Waals surface area contributed by atoms with Crippen molar-refractivity contribution in [2.75, 3.05) is 12.3 Å². The Balaban J connectivity index is 2.43. The average Bonchev–Trinajstić information content (AvgIpc) is 2.97. The number of anilines is 1. The molecule has 1 aromatic carbocycles. The van der Waals surface area contributed by atoms with Gasteiger partial charge < -0.3 is 15.0 Å². The van der Waals surface area contributed by atoms with Gasteiger partial charge in [-0.15, -0.1) is 0 Å². The van der Waals surface area contributed by atoms with Crippen LogP contribution >= 0.6 is 15.9 Å². The highest BCUT2D eigenvalue weighted by Crippen LogP contribution is 2.34. The molecule has 0 spiro atoms. The van der Waals surface area contributed by atoms with E-state index in [1.165, 1.54) is 0 Å². The maximum Gasteiger partial charge on any atom is 0.260 e. The minimum Gasteiger partial charge on any atom is -0.398 e. The standard InChI is InChI=1S/C15H20BrN3O2/c1-4-15(5-2,20-6-3)14-18-13(21-19-14)11-9-10(16)7-8-12(11)17/h7-9H,4-6,17H2,1-3H3. The molecule has 2 rings (SSSR count). The van der Waals surface area contributed by atoms with Crippen LogP contribution in [0.2, 0.25) is 0 Å². The van der Waals surface area contributed by atoms with E-state index in [0.29, 0.717) is 24.0 Å². The van der Waals surface area contributed by atoms with Crippen LogP contribution in [0.3, 0.4) is 0 Å². The smallest absolute Gasteiger partial charge is 0.260 e. The maximum absolute atomic E-state index is 5.98. The predicted molar refractivity (Wildman–Crippen MR) is 85.7 cm³/mol. The maximum atomic E-state index is 5.98. The molecule has 6 heteroatoms. The lowest BCUT2D eigenvalue weighted by atomic mass is 9.96. The fourth-order valence-corrected chi connectivity index (χ4v) is 2.70. The molecular weight excluding hydrogens is 334 g/mol. The van der Waals surface area contributed by atoms with Gasteiger partial charge in [0.1, 0.15) is 5.60 Å². The van der Waals surface area contributed by atoms with Gasteiger partial charge in [-0.1, -0.05) is 34.9 Å². The molecule has 0 saturated heterocycles. The van der Waals surface area contributed by atoms with E-state index in [1.54, 1.807) is 6.07 Å². The summed E-state index contributed by atoms with van der Waals surface area (Å²) in [5.74, 6) is 0.985. The minimum atomic E-state index is -0.503. The van der Waals surface area contributed by atoms with Crippen LogP contribution in [0.15, 0.2) is 27.2 Å². The Morgan fingerprint density at radius 1 is 1.29 bits per heavy atom. The van der Waals surface area contributed by atoms with Gasteiger partial charge in [-0.2, -0.15) is 4.98 Å². The monoisotopic (exact) mass is 353 g/mol. The Bertz CT molecular complexity index is 609. The first kappa shape index (κ1) is 16.0. The molecule has 1 heterocycles. The van der Waals surface area contributed by atoms with Crippen LogP contribution in [0.25, 0.3) is 11.5 Å². The van der Waals surface area contributed by atoms with Gasteiger partial charge in [-0.25, -0.2) is 0 Å². The Kier molecular flexibility index (Phi) is 5.00. The van der Waals surface area contributed by atoms with Crippen molar-refractivity contribution in [1.29, 1.82) is 0 Å². The fraction of sp³-hybridized carbons (Fsp3) is 0.467. The average molecular weight is 354 g/mol. The Labute approximate surface area is 133 Å². The summed E-state index contributed by atoms with van der Waals surface area (Å²) in [5, 5.41) is 4.11. The van der Waals surface area contributed by atoms with E-state index in [0.717, 1.165) is 22.9 Å². The normalized spacial score (nSPS) is 11.8. The van der Waals surface area contributed by atoms with Crippen LogP contribution in [0.5, 0.6) is 0 Å². The van der Waals surface area contributed by atoms with E-state index in [1.807, 2.05) is 19.1 Å². The second-order valence-electron chi connectivity index (χ2n) is 4.79. The van der Waals surface area contributed by atoms with E-state index in [9.17, 15) is 0 Å². The van der Waals surface area contributed by atoms with Gasteiger partial charge >= 0.3 is 0 Å². The van der Waals surface area contributed by atoms with E-state index >= 15 is 0 Å². The number of nitrogens with two attached hydrogens (primary N) is 1. The Morgan fingerprint density at radius 2 is 2.00 bits per heavy atom. The number of rotatable bonds is 6. The first-order chi connectivity index (χ1) is 10.1. The molecule has 2 aromatic rings. The molecule has 0 radical (unpaired) electrons. The number of aromatic nitrogens is 2. The fourth-order valence-electron chi connectivity index (χ4n) is 2.34. The molecule has 1 aromatic heterocycles. The molecular formula is C15H20BrN3O2. The summed E-state index contributed by atoms with van der Waals surface area (Å²) >= 11 is 3.42. The molecule has 21 heavy (non-hydrogen) atoms. The zero-order valence-corrected chi connectivity index (χ0v) is 14.1. The number of ether oxygens (including phenoxy) is 1. The number of hydrogen-bond acceptors (Lipinski definition) is 5. The van der Waals surface area contributed by atoms with Crippen LogP contribution in [-0.2, 0) is 10.3 Å². The third-order valence-corrected chi connectivity index (χ3v) is 4.14. The highest BCUT2D eigenvalue weighted by Gasteiger charge is 2.34. The zero-order valence-electron chi connectivity index (χ0n) is 12.5. The SMILES string of the molecule is CCOC(CC)(CC)c1noc(-c2cc(Br)ccc2N)n1. The van der Waals surface area contributed by atoms with Crippen molar-refractivity contribution in [3.63, 3.8) is 0 Å². The van der Waals surface area contributed by atoms with Crippen LogP contribution in [0.4, 0.5) is 5.69 Å². The van der Waals surface area contributed by atoms with Crippen molar-refractivity contribution in [3.05, 3.63) is 28.5 Å². The third-order valence-electron chi connectivity index (χ3n) is 3.64. The van der Waals surface area contributed by atoms with Crippen molar-refractivity contribution < 1.29 is 9.26 Å². The molecule has 0 bridgehead atoms. The quantitative estimate of drug-likeness (QED) is 0.790. The first-order valence-corrected chi connectivity index (χ1v) is 7.89. The number of hydrogen-bond donors (Lipinski definition) is 1. The van der Waals surface area contributed by atoms with Crippen molar-refractivity contribution in [2.24, 2.45) is 0 Å². The second kappa shape index (κ2) is 6.58. The molecule has 0 fully saturated rings. The largest absolute Gasteiger partial charge is 0.398 e. The van der Waals surface area contributed by atoms with Gasteiger partial charge in [-0.3, -0.25) is 0 Å². The molecule has 0 aliphatic heterocycles. The van der Waals surface area contributed by atoms with E-state index < -0.39 is 5.60 Å². The topological polar surface area (TPSA) is 74.2 Å². The van der Waals surface area contributed by atoms with Gasteiger partial charge in [0.15, 0.2) is 0 Å². The second-order valence-corrected chi connectivity index (χ2v) is 5.70. The summed E-state index contributed by atoms with van der Waals surface area (Å²) < 4.78 is 12.2. The lowest BCUT2D eigenvalue weighted by Gasteiger charge is -2.27. The zero-order chi connectivity index (χ0) is 15.5. The summed E-state index contributed by atoms with van der Waals surface area (Å²) in [6.07, 6.45) is 1.56. The molecule has 2 N–H and O–H groups in total. The molecule has 0 aliphatic rings. The van der Waals surface area contributed by atoms with Crippen LogP contribution in [0, 0.1) is 0 Å². The number of nitrogen functional groups attached to an aromatic ring is 1. The summed E-state index contributed by atoms with van der Waals surface area (Å²) in [5.41, 5.74) is 6.80. The van der Waals surface area contributed by atoms with Crippen molar-refractivity contribution in [1.82, 2.24) is 10.1 Å². The van der Waals surface area contributed by atoms with Gasteiger partial charge in [-0.05, 0) is 38.0 Å². The minimum absolute atomic E-state index is 0.412. The highest BCUT2D eigenvalue weighted by atomic mass is 79.9. The molecule has 5 nitrogen and oxygen atoms in total. The Hall–Kier alpha value is -1.40. The van der Waals surface area contributed by atoms with Crippen LogP contribution in [0.1, 0.15) is 39.4 Å². The summed E-state index contributed by atoms with van der Waals surface area (Å²) in [7, 11) is 0. The van der Waals surface area contributed by atoms with Crippen molar-refractivity contribution >= 4 is 21.6 Å². The van der Waals surface area contributed by atoms with E-state index in [2.05, 4.69) is 39.9 Å². The number of nitrogens with zero attached hydrogens (tertiary/aromatic N) is 2. The predicted octanol–water partition coefficient (Wildman–Crippen LogP) is 4.13. The summed E-state index contributed by atoms with van der Waals surface area (Å²) in [6.45, 7) is 6.68. The van der Waals surface area contributed by atoms with E-state index in [-0.39, 0.29) is 0 Å². The third kappa shape index (κ3) is 3.11.